The number of benzene rings is 1. The van der Waals surface area contributed by atoms with E-state index < -0.39 is 0 Å². The molecule has 0 saturated heterocycles. The Bertz CT molecular complexity index is 278. The largest absolute Gasteiger partial charge is 0.380 e. The van der Waals surface area contributed by atoms with Crippen molar-refractivity contribution in [1.29, 1.82) is 0 Å². The molecule has 0 fully saturated rings. The average Bonchev–Trinajstić information content (AvgIpc) is 2.10. The molecule has 0 unspecified atom stereocenters. The quantitative estimate of drug-likeness (QED) is 0.757. The fraction of sp³-hybridized carbons (Fsp3) is 0.333. The highest BCUT2D eigenvalue weighted by Crippen LogP contribution is 2.18. The molecule has 3 nitrogen and oxygen atoms in total. The van der Waals surface area contributed by atoms with Crippen LogP contribution in [0.15, 0.2) is 18.2 Å². The van der Waals surface area contributed by atoms with Crippen molar-refractivity contribution in [3.8, 4) is 0 Å². The predicted octanol–water partition coefficient (Wildman–Crippen LogP) is 1.88. The fourth-order valence-corrected chi connectivity index (χ4v) is 1.31. The molecule has 0 aliphatic rings. The number of methoxy groups -OCH3 is 1. The second-order valence-electron chi connectivity index (χ2n) is 2.67. The van der Waals surface area contributed by atoms with Gasteiger partial charge in [-0.2, -0.15) is 0 Å². The van der Waals surface area contributed by atoms with E-state index in [1.165, 1.54) is 0 Å². The summed E-state index contributed by atoms with van der Waals surface area (Å²) in [5.74, 6) is 4.94. The molecule has 0 radical (unpaired) electrons. The van der Waals surface area contributed by atoms with Crippen LogP contribution >= 0.6 is 11.6 Å². The van der Waals surface area contributed by atoms with E-state index >= 15 is 0 Å². The predicted molar refractivity (Wildman–Crippen MR) is 51.1 cm³/mol. The van der Waals surface area contributed by atoms with Crippen molar-refractivity contribution >= 4 is 11.6 Å². The number of ether oxygens (including phenoxy) is 1. The van der Waals surface area contributed by atoms with Gasteiger partial charge in [0.1, 0.15) is 0 Å². The zero-order valence-corrected chi connectivity index (χ0v) is 8.17. The molecule has 1 rings (SSSR count). The molecule has 4 heteroatoms. The van der Waals surface area contributed by atoms with Gasteiger partial charge in [0.25, 0.3) is 0 Å². The van der Waals surface area contributed by atoms with Crippen molar-refractivity contribution in [2.45, 2.75) is 13.2 Å². The summed E-state index contributed by atoms with van der Waals surface area (Å²) < 4.78 is 4.97. The van der Waals surface area contributed by atoms with Crippen molar-refractivity contribution in [2.75, 3.05) is 7.11 Å². The molecule has 0 aliphatic carbocycles. The zero-order valence-electron chi connectivity index (χ0n) is 7.42. The van der Waals surface area contributed by atoms with E-state index in [1.54, 1.807) is 7.11 Å². The number of hydrogen-bond acceptors (Lipinski definition) is 3. The third-order valence-electron chi connectivity index (χ3n) is 1.67. The third-order valence-corrected chi connectivity index (χ3v) is 2.02. The first-order chi connectivity index (χ1) is 6.27. The minimum absolute atomic E-state index is 0.368. The average molecular weight is 202 g/mol. The van der Waals surface area contributed by atoms with Gasteiger partial charge in [-0.3, -0.25) is 4.84 Å². The molecule has 0 heterocycles. The van der Waals surface area contributed by atoms with E-state index in [2.05, 4.69) is 4.84 Å². The normalized spacial score (nSPS) is 10.4. The van der Waals surface area contributed by atoms with Crippen molar-refractivity contribution in [3.05, 3.63) is 34.3 Å². The van der Waals surface area contributed by atoms with Gasteiger partial charge in [0.15, 0.2) is 0 Å². The molecule has 0 aliphatic heterocycles. The lowest BCUT2D eigenvalue weighted by atomic mass is 10.1. The van der Waals surface area contributed by atoms with Gasteiger partial charge in [0.05, 0.1) is 13.2 Å². The van der Waals surface area contributed by atoms with Crippen LogP contribution in [0.1, 0.15) is 11.1 Å². The Balaban J connectivity index is 2.79. The van der Waals surface area contributed by atoms with Crippen LogP contribution in [0.5, 0.6) is 0 Å². The number of halogens is 1. The number of hydrogen-bond donors (Lipinski definition) is 1. The van der Waals surface area contributed by atoms with Crippen molar-refractivity contribution in [3.63, 3.8) is 0 Å². The molecular weight excluding hydrogens is 190 g/mol. The van der Waals surface area contributed by atoms with Crippen LogP contribution in [-0.4, -0.2) is 7.11 Å². The van der Waals surface area contributed by atoms with Crippen LogP contribution in [0.4, 0.5) is 0 Å². The molecular formula is C9H12ClNO2. The van der Waals surface area contributed by atoms with Crippen molar-refractivity contribution in [1.82, 2.24) is 0 Å². The molecule has 0 saturated carbocycles. The van der Waals surface area contributed by atoms with Gasteiger partial charge in [-0.15, -0.1) is 0 Å². The number of rotatable bonds is 4. The molecule has 72 valence electrons. The Morgan fingerprint density at radius 1 is 1.38 bits per heavy atom. The molecule has 1 aromatic rings. The molecule has 0 atom stereocenters. The molecule has 2 N–H and O–H groups in total. The molecule has 0 bridgehead atoms. The minimum Gasteiger partial charge on any atom is -0.380 e. The first kappa shape index (κ1) is 10.5. The van der Waals surface area contributed by atoms with E-state index in [1.807, 2.05) is 18.2 Å². The van der Waals surface area contributed by atoms with Crippen LogP contribution in [0.25, 0.3) is 0 Å². The second-order valence-corrected chi connectivity index (χ2v) is 3.08. The van der Waals surface area contributed by atoms with Gasteiger partial charge < -0.3 is 4.74 Å². The van der Waals surface area contributed by atoms with E-state index in [-0.39, 0.29) is 0 Å². The summed E-state index contributed by atoms with van der Waals surface area (Å²) in [5.41, 5.74) is 1.91. The summed E-state index contributed by atoms with van der Waals surface area (Å²) in [5, 5.41) is 0.677. The summed E-state index contributed by atoms with van der Waals surface area (Å²) in [7, 11) is 1.63. The van der Waals surface area contributed by atoms with Crippen LogP contribution in [0.2, 0.25) is 5.02 Å². The lowest BCUT2D eigenvalue weighted by molar-refractivity contribution is 0.124. The summed E-state index contributed by atoms with van der Waals surface area (Å²) in [6, 6.07) is 5.63. The van der Waals surface area contributed by atoms with E-state index in [4.69, 9.17) is 22.2 Å². The smallest absolute Gasteiger partial charge is 0.0930 e. The van der Waals surface area contributed by atoms with Crippen LogP contribution in [-0.2, 0) is 22.8 Å². The maximum Gasteiger partial charge on any atom is 0.0930 e. The van der Waals surface area contributed by atoms with Gasteiger partial charge in [0, 0.05) is 12.1 Å². The maximum atomic E-state index is 5.97. The minimum atomic E-state index is 0.368. The highest BCUT2D eigenvalue weighted by molar-refractivity contribution is 6.31. The monoisotopic (exact) mass is 201 g/mol. The fourth-order valence-electron chi connectivity index (χ4n) is 1.05. The molecule has 0 spiro atoms. The van der Waals surface area contributed by atoms with E-state index in [0.29, 0.717) is 18.2 Å². The van der Waals surface area contributed by atoms with Gasteiger partial charge in [-0.1, -0.05) is 23.7 Å². The highest BCUT2D eigenvalue weighted by Gasteiger charge is 2.01. The molecule has 0 amide bonds. The van der Waals surface area contributed by atoms with E-state index in [9.17, 15) is 0 Å². The Morgan fingerprint density at radius 2 is 2.15 bits per heavy atom. The first-order valence-electron chi connectivity index (χ1n) is 3.86. The van der Waals surface area contributed by atoms with E-state index in [0.717, 1.165) is 11.1 Å². The summed E-state index contributed by atoms with van der Waals surface area (Å²) in [4.78, 5) is 4.49. The second kappa shape index (κ2) is 5.19. The Labute approximate surface area is 82.4 Å². The standard InChI is InChI=1S/C9H12ClNO2/c1-12-6-8-3-2-7(5-13-11)4-9(8)10/h2-4H,5-6,11H2,1H3. The Kier molecular flexibility index (Phi) is 4.18. The Morgan fingerprint density at radius 3 is 2.69 bits per heavy atom. The summed E-state index contributed by atoms with van der Waals surface area (Å²) >= 11 is 5.97. The molecule has 0 aromatic heterocycles. The van der Waals surface area contributed by atoms with Gasteiger partial charge in [0.2, 0.25) is 0 Å². The molecule has 13 heavy (non-hydrogen) atoms. The molecule has 1 aromatic carbocycles. The SMILES string of the molecule is COCc1ccc(CON)cc1Cl. The zero-order chi connectivity index (χ0) is 9.68. The third kappa shape index (κ3) is 2.97. The first-order valence-corrected chi connectivity index (χ1v) is 4.23. The van der Waals surface area contributed by atoms with Gasteiger partial charge in [-0.25, -0.2) is 5.90 Å². The maximum absolute atomic E-state index is 5.97. The van der Waals surface area contributed by atoms with Crippen molar-refractivity contribution < 1.29 is 9.57 Å². The Hall–Kier alpha value is -0.610. The summed E-state index contributed by atoms with van der Waals surface area (Å²) in [6.45, 7) is 0.885. The number of nitrogens with two attached hydrogens (primary N) is 1. The van der Waals surface area contributed by atoms with Crippen LogP contribution < -0.4 is 5.90 Å². The van der Waals surface area contributed by atoms with Crippen molar-refractivity contribution in [2.24, 2.45) is 5.90 Å². The van der Waals surface area contributed by atoms with Crippen LogP contribution in [0, 0.1) is 0 Å². The lowest BCUT2D eigenvalue weighted by Crippen LogP contribution is -1.99. The van der Waals surface area contributed by atoms with Gasteiger partial charge in [-0.05, 0) is 17.2 Å². The lowest BCUT2D eigenvalue weighted by Gasteiger charge is -2.05. The summed E-state index contributed by atoms with van der Waals surface area (Å²) in [6.07, 6.45) is 0. The highest BCUT2D eigenvalue weighted by atomic mass is 35.5. The topological polar surface area (TPSA) is 44.5 Å². The van der Waals surface area contributed by atoms with Gasteiger partial charge >= 0.3 is 0 Å². The van der Waals surface area contributed by atoms with Crippen LogP contribution in [0.3, 0.4) is 0 Å².